The van der Waals surface area contributed by atoms with E-state index in [1.807, 2.05) is 10.8 Å². The standard InChI is InChI=1S/C13H12N4S/c18-13-6-5-12(15-16-13)10-1-3-11(4-2-10)17-8-7-14-9-17/h1-4,7-9H,5-6H2,(H,16,18). The second kappa shape index (κ2) is 4.78. The smallest absolute Gasteiger partial charge is 0.0991 e. The highest BCUT2D eigenvalue weighted by Crippen LogP contribution is 2.16. The molecule has 0 spiro atoms. The topological polar surface area (TPSA) is 42.5 Å². The van der Waals surface area contributed by atoms with E-state index in [0.717, 1.165) is 34.8 Å². The number of hydrogen-bond donors (Lipinski definition) is 1. The van der Waals surface area contributed by atoms with Crippen LogP contribution < -0.4 is 0 Å². The minimum atomic E-state index is 0.800. The molecule has 0 aliphatic carbocycles. The van der Waals surface area contributed by atoms with Gasteiger partial charge in [-0.15, -0.1) is 17.7 Å². The van der Waals surface area contributed by atoms with E-state index in [9.17, 15) is 0 Å². The maximum Gasteiger partial charge on any atom is 0.0991 e. The van der Waals surface area contributed by atoms with Crippen molar-refractivity contribution < 1.29 is 0 Å². The Morgan fingerprint density at radius 1 is 1.06 bits per heavy atom. The molecule has 3 rings (SSSR count). The van der Waals surface area contributed by atoms with Gasteiger partial charge in [-0.2, -0.15) is 5.10 Å². The van der Waals surface area contributed by atoms with E-state index in [0.29, 0.717) is 0 Å². The lowest BCUT2D eigenvalue weighted by atomic mass is 10.1. The fourth-order valence-electron chi connectivity index (χ4n) is 1.89. The van der Waals surface area contributed by atoms with Gasteiger partial charge in [-0.1, -0.05) is 12.1 Å². The summed E-state index contributed by atoms with van der Waals surface area (Å²) in [6.45, 7) is 0. The van der Waals surface area contributed by atoms with E-state index < -0.39 is 0 Å². The van der Waals surface area contributed by atoms with Gasteiger partial charge in [-0.3, -0.25) is 0 Å². The molecule has 0 atom stereocenters. The molecule has 2 aromatic rings. The van der Waals surface area contributed by atoms with Crippen molar-refractivity contribution in [2.24, 2.45) is 10.2 Å². The third kappa shape index (κ3) is 2.22. The SMILES string of the molecule is SC1=NN=C(c2ccc(-n3ccnc3)cc2)CC1. The van der Waals surface area contributed by atoms with Gasteiger partial charge in [0, 0.05) is 24.5 Å². The van der Waals surface area contributed by atoms with Crippen LogP contribution in [0.4, 0.5) is 0 Å². The molecule has 1 aliphatic rings. The van der Waals surface area contributed by atoms with Crippen molar-refractivity contribution in [3.8, 4) is 5.69 Å². The highest BCUT2D eigenvalue weighted by Gasteiger charge is 2.09. The lowest BCUT2D eigenvalue weighted by molar-refractivity contribution is 1.05. The molecule has 5 heteroatoms. The summed E-state index contributed by atoms with van der Waals surface area (Å²) in [4.78, 5) is 4.03. The maximum absolute atomic E-state index is 4.20. The lowest BCUT2D eigenvalue weighted by Crippen LogP contribution is -2.07. The Morgan fingerprint density at radius 3 is 2.50 bits per heavy atom. The monoisotopic (exact) mass is 256 g/mol. The predicted molar refractivity (Wildman–Crippen MR) is 75.8 cm³/mol. The van der Waals surface area contributed by atoms with Crippen LogP contribution in [0.15, 0.2) is 53.2 Å². The quantitative estimate of drug-likeness (QED) is 0.825. The molecule has 18 heavy (non-hydrogen) atoms. The summed E-state index contributed by atoms with van der Waals surface area (Å²) in [6, 6.07) is 8.24. The summed E-state index contributed by atoms with van der Waals surface area (Å²) < 4.78 is 1.97. The third-order valence-corrected chi connectivity index (χ3v) is 3.19. The largest absolute Gasteiger partial charge is 0.306 e. The van der Waals surface area contributed by atoms with Crippen LogP contribution in [-0.2, 0) is 0 Å². The summed E-state index contributed by atoms with van der Waals surface area (Å²) in [6.07, 6.45) is 7.23. The molecule has 0 amide bonds. The molecule has 1 aromatic heterocycles. The molecule has 0 bridgehead atoms. The normalized spacial score (nSPS) is 15.2. The number of imidazole rings is 1. The Balaban J connectivity index is 1.88. The van der Waals surface area contributed by atoms with Gasteiger partial charge in [0.05, 0.1) is 17.1 Å². The van der Waals surface area contributed by atoms with Crippen molar-refractivity contribution in [2.45, 2.75) is 12.8 Å². The molecule has 1 aliphatic heterocycles. The first-order valence-electron chi connectivity index (χ1n) is 5.74. The molecule has 90 valence electrons. The fraction of sp³-hybridized carbons (Fsp3) is 0.154. The Hall–Kier alpha value is -1.88. The van der Waals surface area contributed by atoms with E-state index in [1.165, 1.54) is 0 Å². The zero-order chi connectivity index (χ0) is 12.4. The number of nitrogens with zero attached hydrogens (tertiary/aromatic N) is 4. The number of aromatic nitrogens is 2. The van der Waals surface area contributed by atoms with Gasteiger partial charge in [0.25, 0.3) is 0 Å². The van der Waals surface area contributed by atoms with E-state index in [2.05, 4.69) is 52.1 Å². The zero-order valence-electron chi connectivity index (χ0n) is 9.69. The Bertz CT molecular complexity index is 596. The van der Waals surface area contributed by atoms with Crippen LogP contribution in [-0.4, -0.2) is 20.3 Å². The van der Waals surface area contributed by atoms with Crippen molar-refractivity contribution in [1.29, 1.82) is 0 Å². The van der Waals surface area contributed by atoms with Crippen molar-refractivity contribution in [3.63, 3.8) is 0 Å². The molecule has 0 unspecified atom stereocenters. The Kier molecular flexibility index (Phi) is 2.98. The predicted octanol–water partition coefficient (Wildman–Crippen LogP) is 2.70. The summed E-state index contributed by atoms with van der Waals surface area (Å²) in [5, 5.41) is 9.00. The lowest BCUT2D eigenvalue weighted by Gasteiger charge is -2.10. The highest BCUT2D eigenvalue weighted by atomic mass is 32.1. The van der Waals surface area contributed by atoms with Gasteiger partial charge in [-0.05, 0) is 24.1 Å². The van der Waals surface area contributed by atoms with Crippen LogP contribution in [0.5, 0.6) is 0 Å². The zero-order valence-corrected chi connectivity index (χ0v) is 10.6. The Labute approximate surface area is 110 Å². The van der Waals surface area contributed by atoms with Crippen LogP contribution in [0.1, 0.15) is 18.4 Å². The van der Waals surface area contributed by atoms with Gasteiger partial charge in [0.1, 0.15) is 0 Å². The summed E-state index contributed by atoms with van der Waals surface area (Å²) in [5.41, 5.74) is 3.22. The van der Waals surface area contributed by atoms with Gasteiger partial charge in [0.15, 0.2) is 0 Å². The molecule has 0 radical (unpaired) electrons. The minimum Gasteiger partial charge on any atom is -0.306 e. The fourth-order valence-corrected chi connectivity index (χ4v) is 2.04. The van der Waals surface area contributed by atoms with Crippen LogP contribution >= 0.6 is 12.6 Å². The molecule has 4 nitrogen and oxygen atoms in total. The number of rotatable bonds is 2. The maximum atomic E-state index is 4.20. The second-order valence-electron chi connectivity index (χ2n) is 4.08. The van der Waals surface area contributed by atoms with Crippen molar-refractivity contribution in [2.75, 3.05) is 0 Å². The van der Waals surface area contributed by atoms with E-state index in [1.54, 1.807) is 12.5 Å². The molecule has 1 aromatic carbocycles. The average Bonchev–Trinajstić information content (AvgIpc) is 2.94. The summed E-state index contributed by atoms with van der Waals surface area (Å²) in [5.74, 6) is 0. The molecular weight excluding hydrogens is 244 g/mol. The minimum absolute atomic E-state index is 0.800. The van der Waals surface area contributed by atoms with Gasteiger partial charge in [-0.25, -0.2) is 4.98 Å². The molecule has 2 heterocycles. The third-order valence-electron chi connectivity index (χ3n) is 2.87. The Morgan fingerprint density at radius 2 is 1.89 bits per heavy atom. The summed E-state index contributed by atoms with van der Waals surface area (Å²) >= 11 is 4.20. The van der Waals surface area contributed by atoms with Gasteiger partial charge >= 0.3 is 0 Å². The van der Waals surface area contributed by atoms with E-state index >= 15 is 0 Å². The van der Waals surface area contributed by atoms with E-state index in [4.69, 9.17) is 0 Å². The van der Waals surface area contributed by atoms with Crippen LogP contribution in [0, 0.1) is 0 Å². The number of benzene rings is 1. The molecular formula is C13H12N4S. The molecule has 0 saturated heterocycles. The molecule has 0 fully saturated rings. The first-order chi connectivity index (χ1) is 8.83. The van der Waals surface area contributed by atoms with Crippen molar-refractivity contribution in [1.82, 2.24) is 9.55 Å². The summed E-state index contributed by atoms with van der Waals surface area (Å²) in [7, 11) is 0. The van der Waals surface area contributed by atoms with E-state index in [-0.39, 0.29) is 0 Å². The van der Waals surface area contributed by atoms with Crippen LogP contribution in [0.3, 0.4) is 0 Å². The van der Waals surface area contributed by atoms with Crippen LogP contribution in [0.25, 0.3) is 5.69 Å². The molecule has 0 saturated carbocycles. The van der Waals surface area contributed by atoms with Crippen LogP contribution in [0.2, 0.25) is 0 Å². The average molecular weight is 256 g/mol. The van der Waals surface area contributed by atoms with Gasteiger partial charge < -0.3 is 4.57 Å². The van der Waals surface area contributed by atoms with Crippen molar-refractivity contribution in [3.05, 3.63) is 48.5 Å². The second-order valence-corrected chi connectivity index (χ2v) is 4.60. The number of hydrogen-bond acceptors (Lipinski definition) is 3. The van der Waals surface area contributed by atoms with Gasteiger partial charge in [0.2, 0.25) is 0 Å². The number of thiol groups is 1. The van der Waals surface area contributed by atoms with Crippen molar-refractivity contribution >= 4 is 23.4 Å². The highest BCUT2D eigenvalue weighted by molar-refractivity contribution is 7.97. The molecule has 0 N–H and O–H groups in total. The first-order valence-corrected chi connectivity index (χ1v) is 6.19. The first kappa shape index (κ1) is 11.2.